The van der Waals surface area contributed by atoms with E-state index in [1.165, 1.54) is 6.26 Å². The summed E-state index contributed by atoms with van der Waals surface area (Å²) in [5.41, 5.74) is 6.05. The van der Waals surface area contributed by atoms with Crippen LogP contribution >= 0.6 is 0 Å². The topological polar surface area (TPSA) is 97.9 Å². The summed E-state index contributed by atoms with van der Waals surface area (Å²) in [5.74, 6) is 0.338. The van der Waals surface area contributed by atoms with Crippen molar-refractivity contribution in [1.29, 1.82) is 0 Å². The van der Waals surface area contributed by atoms with Crippen LogP contribution in [0.5, 0.6) is 0 Å². The van der Waals surface area contributed by atoms with E-state index < -0.39 is 9.84 Å². The molecule has 8 nitrogen and oxygen atoms in total. The molecule has 1 saturated heterocycles. The normalized spacial score (nSPS) is 17.1. The zero-order valence-electron chi connectivity index (χ0n) is 19.6. The first-order valence-corrected chi connectivity index (χ1v) is 13.3. The molecule has 1 atom stereocenters. The van der Waals surface area contributed by atoms with Crippen LogP contribution in [0, 0.1) is 6.57 Å². The molecule has 0 spiro atoms. The van der Waals surface area contributed by atoms with Gasteiger partial charge in [-0.25, -0.2) is 8.42 Å². The first-order chi connectivity index (χ1) is 16.8. The summed E-state index contributed by atoms with van der Waals surface area (Å²) in [4.78, 5) is 17.4. The number of nitrogens with one attached hydrogen (secondary N) is 1. The fourth-order valence-electron chi connectivity index (χ4n) is 4.50. The van der Waals surface area contributed by atoms with E-state index in [-0.39, 0.29) is 11.0 Å². The Balaban J connectivity index is 1.54. The lowest BCUT2D eigenvalue weighted by molar-refractivity contribution is 0.112. The molecule has 9 heteroatoms. The van der Waals surface area contributed by atoms with E-state index >= 15 is 0 Å². The molecule has 3 aromatic rings. The van der Waals surface area contributed by atoms with Gasteiger partial charge in [0.1, 0.15) is 11.4 Å². The molecule has 1 aromatic carbocycles. The molecule has 178 valence electrons. The maximum absolute atomic E-state index is 12.7. The van der Waals surface area contributed by atoms with Gasteiger partial charge in [-0.3, -0.25) is 9.98 Å². The lowest BCUT2D eigenvalue weighted by Gasteiger charge is -2.17. The van der Waals surface area contributed by atoms with Crippen molar-refractivity contribution >= 4 is 38.4 Å². The lowest BCUT2D eigenvalue weighted by Crippen LogP contribution is -2.07. The van der Waals surface area contributed by atoms with E-state index in [1.807, 2.05) is 31.2 Å². The van der Waals surface area contributed by atoms with Crippen LogP contribution in [0.3, 0.4) is 0 Å². The second kappa shape index (κ2) is 9.21. The molecular weight excluding hydrogens is 462 g/mol. The summed E-state index contributed by atoms with van der Waals surface area (Å²) in [7, 11) is -3.50. The summed E-state index contributed by atoms with van der Waals surface area (Å²) in [6, 6.07) is 12.7. The van der Waals surface area contributed by atoms with Gasteiger partial charge in [-0.1, -0.05) is 18.7 Å². The number of hydrogen-bond donors (Lipinski definition) is 1. The Labute approximate surface area is 204 Å². The summed E-state index contributed by atoms with van der Waals surface area (Å²) >= 11 is 0. The molecule has 0 amide bonds. The van der Waals surface area contributed by atoms with Crippen LogP contribution in [-0.2, 0) is 27.4 Å². The van der Waals surface area contributed by atoms with Crippen molar-refractivity contribution in [2.75, 3.05) is 18.2 Å². The lowest BCUT2D eigenvalue weighted by atomic mass is 10.1. The largest absolute Gasteiger partial charge is 0.374 e. The Bertz CT molecular complexity index is 1490. The monoisotopic (exact) mass is 487 g/mol. The number of rotatable bonds is 6. The molecule has 2 aliphatic heterocycles. The minimum absolute atomic E-state index is 0.0766. The standard InChI is InChI=1S/C26H25N5O3S/c1-16-12-21-26(28-16)22(15-19(29-21)14-18-6-4-8-25(27-2)30-18)31-20-10-9-17(23-7-5-11-34-23)13-24(20)35(3,32)33/h4,6,8-10,13,15,23H,5,7,11-12,14H2,1,3H3,(H,29,31). The number of fused-ring (bicyclic) bond motifs is 1. The molecule has 1 unspecified atom stereocenters. The van der Waals surface area contributed by atoms with Gasteiger partial charge in [0, 0.05) is 25.0 Å². The second-order valence-electron chi connectivity index (χ2n) is 8.91. The van der Waals surface area contributed by atoms with Crippen LogP contribution in [0.1, 0.15) is 48.5 Å². The Morgan fingerprint density at radius 3 is 2.74 bits per heavy atom. The predicted molar refractivity (Wildman–Crippen MR) is 135 cm³/mol. The molecule has 0 aliphatic carbocycles. The van der Waals surface area contributed by atoms with Crippen LogP contribution < -0.4 is 5.32 Å². The van der Waals surface area contributed by atoms with Crippen molar-refractivity contribution in [3.05, 3.63) is 76.5 Å². The van der Waals surface area contributed by atoms with Crippen molar-refractivity contribution in [2.45, 2.75) is 43.6 Å². The number of anilines is 2. The Kier molecular flexibility index (Phi) is 6.09. The molecular formula is C26H25N5O3S. The Morgan fingerprint density at radius 1 is 1.14 bits per heavy atom. The molecule has 1 fully saturated rings. The molecule has 0 saturated carbocycles. The summed E-state index contributed by atoms with van der Waals surface area (Å²) in [6.07, 6.45) is 4.07. The van der Waals surface area contributed by atoms with Gasteiger partial charge >= 0.3 is 0 Å². The van der Waals surface area contributed by atoms with Crippen LogP contribution in [0.2, 0.25) is 0 Å². The van der Waals surface area contributed by atoms with Gasteiger partial charge in [0.2, 0.25) is 0 Å². The van der Waals surface area contributed by atoms with Gasteiger partial charge in [-0.2, -0.15) is 0 Å². The number of hydrogen-bond acceptors (Lipinski definition) is 7. The third-order valence-corrected chi connectivity index (χ3v) is 7.23. The van der Waals surface area contributed by atoms with Crippen molar-refractivity contribution in [3.63, 3.8) is 0 Å². The Morgan fingerprint density at radius 2 is 2.00 bits per heavy atom. The summed E-state index contributed by atoms with van der Waals surface area (Å²) in [6.45, 7) is 9.85. The quantitative estimate of drug-likeness (QED) is 0.476. The molecule has 35 heavy (non-hydrogen) atoms. The highest BCUT2D eigenvalue weighted by Gasteiger charge is 2.24. The highest BCUT2D eigenvalue weighted by Crippen LogP contribution is 2.39. The van der Waals surface area contributed by atoms with E-state index in [0.717, 1.165) is 46.9 Å². The third kappa shape index (κ3) is 4.94. The minimum Gasteiger partial charge on any atom is -0.374 e. The summed E-state index contributed by atoms with van der Waals surface area (Å²) in [5, 5.41) is 3.33. The molecule has 0 bridgehead atoms. The van der Waals surface area contributed by atoms with Gasteiger partial charge < -0.3 is 14.9 Å². The fourth-order valence-corrected chi connectivity index (χ4v) is 5.37. The van der Waals surface area contributed by atoms with Crippen molar-refractivity contribution < 1.29 is 13.2 Å². The maximum atomic E-state index is 12.7. The zero-order chi connectivity index (χ0) is 24.6. The molecule has 2 aromatic heterocycles. The molecule has 5 rings (SSSR count). The zero-order valence-corrected chi connectivity index (χ0v) is 20.4. The number of ether oxygens (including phenoxy) is 1. The third-order valence-electron chi connectivity index (χ3n) is 6.09. The van der Waals surface area contributed by atoms with E-state index in [4.69, 9.17) is 16.3 Å². The van der Waals surface area contributed by atoms with Crippen LogP contribution in [0.4, 0.5) is 22.9 Å². The highest BCUT2D eigenvalue weighted by atomic mass is 32.2. The minimum atomic E-state index is -3.50. The predicted octanol–water partition coefficient (Wildman–Crippen LogP) is 5.27. The SMILES string of the molecule is [C-]#[N+]c1cccc(Cc2cc(Nc3ccc(C4CCCO4)cc3S(C)(=O)=O)c3c(n2)CC(C)=N3)n1. The molecule has 0 radical (unpaired) electrons. The maximum Gasteiger partial charge on any atom is 0.269 e. The van der Waals surface area contributed by atoms with E-state index in [0.29, 0.717) is 36.6 Å². The van der Waals surface area contributed by atoms with Crippen molar-refractivity contribution in [2.24, 2.45) is 4.99 Å². The second-order valence-corrected chi connectivity index (χ2v) is 10.9. The van der Waals surface area contributed by atoms with E-state index in [1.54, 1.807) is 18.2 Å². The van der Waals surface area contributed by atoms with Gasteiger partial charge in [0.25, 0.3) is 5.82 Å². The Hall–Kier alpha value is -3.61. The first kappa shape index (κ1) is 23.1. The number of aliphatic imine (C=N–C) groups is 1. The number of sulfone groups is 1. The van der Waals surface area contributed by atoms with Crippen molar-refractivity contribution in [1.82, 2.24) is 9.97 Å². The van der Waals surface area contributed by atoms with Crippen LogP contribution in [0.15, 0.2) is 52.4 Å². The number of benzene rings is 1. The average Bonchev–Trinajstić information content (AvgIpc) is 3.48. The molecule has 1 N–H and O–H groups in total. The fraction of sp³-hybridized carbons (Fsp3) is 0.308. The van der Waals surface area contributed by atoms with Gasteiger partial charge in [0.15, 0.2) is 9.84 Å². The number of pyridine rings is 2. The van der Waals surface area contributed by atoms with E-state index in [9.17, 15) is 8.42 Å². The number of nitrogens with zero attached hydrogens (tertiary/aromatic N) is 4. The summed E-state index contributed by atoms with van der Waals surface area (Å²) < 4.78 is 31.2. The van der Waals surface area contributed by atoms with Gasteiger partial charge in [0.05, 0.1) is 40.2 Å². The smallest absolute Gasteiger partial charge is 0.269 e. The van der Waals surface area contributed by atoms with Crippen molar-refractivity contribution in [3.8, 4) is 0 Å². The van der Waals surface area contributed by atoms with Crippen LogP contribution in [-0.4, -0.2) is 37.0 Å². The molecule has 4 heterocycles. The highest BCUT2D eigenvalue weighted by molar-refractivity contribution is 7.90. The van der Waals surface area contributed by atoms with E-state index in [2.05, 4.69) is 20.1 Å². The van der Waals surface area contributed by atoms with Gasteiger partial charge in [-0.15, -0.1) is 4.98 Å². The first-order valence-electron chi connectivity index (χ1n) is 11.4. The average molecular weight is 488 g/mol. The van der Waals surface area contributed by atoms with Crippen LogP contribution in [0.25, 0.3) is 4.85 Å². The molecule has 2 aliphatic rings. The number of aromatic nitrogens is 2. The van der Waals surface area contributed by atoms with Gasteiger partial charge in [-0.05, 0) is 55.7 Å².